The summed E-state index contributed by atoms with van der Waals surface area (Å²) in [6, 6.07) is 6.83. The summed E-state index contributed by atoms with van der Waals surface area (Å²) < 4.78 is 0. The maximum Gasteiger partial charge on any atom is 0.272 e. The highest BCUT2D eigenvalue weighted by molar-refractivity contribution is 6.33. The lowest BCUT2D eigenvalue weighted by molar-refractivity contribution is -0.120. The average Bonchev–Trinajstić information content (AvgIpc) is 2.44. The maximum absolute atomic E-state index is 11.9. The Morgan fingerprint density at radius 1 is 1.33 bits per heavy atom. The first-order valence-corrected chi connectivity index (χ1v) is 7.19. The molecule has 0 aromatic heterocycles. The van der Waals surface area contributed by atoms with Crippen molar-refractivity contribution in [1.82, 2.24) is 10.7 Å². The predicted molar refractivity (Wildman–Crippen MR) is 84.5 cm³/mol. The fraction of sp³-hybridized carbons (Fsp3) is 0.400. The largest absolute Gasteiger partial charge is 0.353 e. The third-order valence-electron chi connectivity index (χ3n) is 2.90. The summed E-state index contributed by atoms with van der Waals surface area (Å²) in [7, 11) is 0. The van der Waals surface area contributed by atoms with Gasteiger partial charge in [-0.2, -0.15) is 5.10 Å². The zero-order valence-electron chi connectivity index (χ0n) is 12.4. The Morgan fingerprint density at radius 3 is 2.62 bits per heavy atom. The van der Waals surface area contributed by atoms with E-state index in [-0.39, 0.29) is 18.4 Å². The number of rotatable bonds is 6. The number of carbonyl (C=O) groups is 2. The van der Waals surface area contributed by atoms with Crippen LogP contribution in [0.15, 0.2) is 29.4 Å². The minimum atomic E-state index is -0.401. The van der Waals surface area contributed by atoms with Crippen molar-refractivity contribution in [3.63, 3.8) is 0 Å². The second-order valence-electron chi connectivity index (χ2n) is 4.82. The van der Waals surface area contributed by atoms with E-state index in [1.165, 1.54) is 0 Å². The molecule has 0 saturated carbocycles. The molecule has 0 bridgehead atoms. The molecule has 21 heavy (non-hydrogen) atoms. The SMILES string of the molecule is CC[C@@H](C)NC(=O)CC(C)=NNC(=O)c1ccccc1Cl. The van der Waals surface area contributed by atoms with E-state index in [0.29, 0.717) is 16.3 Å². The Labute approximate surface area is 129 Å². The Bertz CT molecular complexity index is 543. The molecule has 0 unspecified atom stereocenters. The van der Waals surface area contributed by atoms with Gasteiger partial charge in [-0.15, -0.1) is 0 Å². The van der Waals surface area contributed by atoms with Gasteiger partial charge in [0, 0.05) is 11.8 Å². The molecule has 1 atom stereocenters. The molecule has 0 fully saturated rings. The van der Waals surface area contributed by atoms with Crippen molar-refractivity contribution in [1.29, 1.82) is 0 Å². The number of hydrazone groups is 1. The first kappa shape index (κ1) is 17.2. The molecule has 5 nitrogen and oxygen atoms in total. The van der Waals surface area contributed by atoms with Crippen molar-refractivity contribution in [2.75, 3.05) is 0 Å². The molecular weight excluding hydrogens is 290 g/mol. The summed E-state index contributed by atoms with van der Waals surface area (Å²) in [6.45, 7) is 5.61. The number of benzene rings is 1. The summed E-state index contributed by atoms with van der Waals surface area (Å²) >= 11 is 5.92. The van der Waals surface area contributed by atoms with Gasteiger partial charge in [-0.25, -0.2) is 5.43 Å². The molecule has 2 amide bonds. The third kappa shape index (κ3) is 5.95. The van der Waals surface area contributed by atoms with Gasteiger partial charge < -0.3 is 5.32 Å². The van der Waals surface area contributed by atoms with Gasteiger partial charge in [-0.05, 0) is 32.4 Å². The van der Waals surface area contributed by atoms with Crippen LogP contribution in [0.2, 0.25) is 5.02 Å². The van der Waals surface area contributed by atoms with E-state index in [2.05, 4.69) is 15.8 Å². The van der Waals surface area contributed by atoms with E-state index in [1.807, 2.05) is 13.8 Å². The van der Waals surface area contributed by atoms with Crippen LogP contribution >= 0.6 is 11.6 Å². The van der Waals surface area contributed by atoms with E-state index in [9.17, 15) is 9.59 Å². The van der Waals surface area contributed by atoms with Crippen LogP contribution in [0.1, 0.15) is 44.0 Å². The Hall–Kier alpha value is -1.88. The number of hydrogen-bond donors (Lipinski definition) is 2. The first-order valence-electron chi connectivity index (χ1n) is 6.81. The van der Waals surface area contributed by atoms with Gasteiger partial charge in [0.15, 0.2) is 0 Å². The quantitative estimate of drug-likeness (QED) is 0.626. The topological polar surface area (TPSA) is 70.6 Å². The van der Waals surface area contributed by atoms with Crippen LogP contribution in [0.3, 0.4) is 0 Å². The van der Waals surface area contributed by atoms with Crippen LogP contribution in [0.4, 0.5) is 0 Å². The minimum Gasteiger partial charge on any atom is -0.353 e. The molecule has 0 aliphatic rings. The van der Waals surface area contributed by atoms with Crippen molar-refractivity contribution in [2.45, 2.75) is 39.7 Å². The molecule has 0 saturated heterocycles. The van der Waals surface area contributed by atoms with E-state index >= 15 is 0 Å². The van der Waals surface area contributed by atoms with Crippen molar-refractivity contribution in [3.8, 4) is 0 Å². The summed E-state index contributed by atoms with van der Waals surface area (Å²) in [5, 5.41) is 7.11. The third-order valence-corrected chi connectivity index (χ3v) is 3.23. The molecule has 6 heteroatoms. The molecule has 0 radical (unpaired) electrons. The second kappa shape index (κ2) is 8.42. The summed E-state index contributed by atoms with van der Waals surface area (Å²) in [6.07, 6.45) is 1.01. The zero-order chi connectivity index (χ0) is 15.8. The van der Waals surface area contributed by atoms with Crippen LogP contribution in [-0.2, 0) is 4.79 Å². The lowest BCUT2D eigenvalue weighted by Crippen LogP contribution is -2.33. The van der Waals surface area contributed by atoms with Gasteiger partial charge in [-0.1, -0.05) is 30.7 Å². The normalized spacial score (nSPS) is 12.7. The molecule has 0 spiro atoms. The number of nitrogens with zero attached hydrogens (tertiary/aromatic N) is 1. The monoisotopic (exact) mass is 309 g/mol. The van der Waals surface area contributed by atoms with E-state index in [0.717, 1.165) is 6.42 Å². The Kier molecular flexibility index (Phi) is 6.88. The van der Waals surface area contributed by atoms with Crippen LogP contribution in [-0.4, -0.2) is 23.6 Å². The fourth-order valence-corrected chi connectivity index (χ4v) is 1.77. The molecule has 114 valence electrons. The second-order valence-corrected chi connectivity index (χ2v) is 5.23. The van der Waals surface area contributed by atoms with Crippen LogP contribution in [0, 0.1) is 0 Å². The summed E-state index contributed by atoms with van der Waals surface area (Å²) in [4.78, 5) is 23.5. The van der Waals surface area contributed by atoms with Gasteiger partial charge in [0.25, 0.3) is 5.91 Å². The van der Waals surface area contributed by atoms with Gasteiger partial charge in [-0.3, -0.25) is 9.59 Å². The molecule has 2 N–H and O–H groups in total. The molecule has 1 aromatic rings. The van der Waals surface area contributed by atoms with Crippen LogP contribution < -0.4 is 10.7 Å². The van der Waals surface area contributed by atoms with E-state index in [1.54, 1.807) is 31.2 Å². The van der Waals surface area contributed by atoms with Crippen LogP contribution in [0.25, 0.3) is 0 Å². The average molecular weight is 310 g/mol. The highest BCUT2D eigenvalue weighted by atomic mass is 35.5. The molecular formula is C15H20ClN3O2. The highest BCUT2D eigenvalue weighted by Crippen LogP contribution is 2.14. The van der Waals surface area contributed by atoms with Gasteiger partial charge in [0.1, 0.15) is 0 Å². The molecule has 1 rings (SSSR count). The minimum absolute atomic E-state index is 0.113. The number of hydrogen-bond acceptors (Lipinski definition) is 3. The molecule has 0 heterocycles. The smallest absolute Gasteiger partial charge is 0.272 e. The highest BCUT2D eigenvalue weighted by Gasteiger charge is 2.10. The summed E-state index contributed by atoms with van der Waals surface area (Å²) in [5.41, 5.74) is 3.27. The van der Waals surface area contributed by atoms with E-state index in [4.69, 9.17) is 11.6 Å². The predicted octanol–water partition coefficient (Wildman–Crippen LogP) is 2.75. The number of carbonyl (C=O) groups excluding carboxylic acids is 2. The van der Waals surface area contributed by atoms with Crippen molar-refractivity contribution >= 4 is 29.1 Å². The first-order chi connectivity index (χ1) is 9.93. The van der Waals surface area contributed by atoms with E-state index < -0.39 is 5.91 Å². The lowest BCUT2D eigenvalue weighted by atomic mass is 10.2. The van der Waals surface area contributed by atoms with Crippen molar-refractivity contribution in [2.24, 2.45) is 5.10 Å². The summed E-state index contributed by atoms with van der Waals surface area (Å²) in [5.74, 6) is -0.514. The molecule has 1 aromatic carbocycles. The number of nitrogens with one attached hydrogen (secondary N) is 2. The van der Waals surface area contributed by atoms with Crippen LogP contribution in [0.5, 0.6) is 0 Å². The standard InChI is InChI=1S/C15H20ClN3O2/c1-4-10(2)17-14(20)9-11(3)18-19-15(21)12-7-5-6-8-13(12)16/h5-8,10H,4,9H2,1-3H3,(H,17,20)(H,19,21)/t10-/m1/s1. The Balaban J connectivity index is 2.54. The Morgan fingerprint density at radius 2 is 2.00 bits per heavy atom. The van der Waals surface area contributed by atoms with Crippen molar-refractivity contribution < 1.29 is 9.59 Å². The fourth-order valence-electron chi connectivity index (χ4n) is 1.55. The zero-order valence-corrected chi connectivity index (χ0v) is 13.2. The molecule has 0 aliphatic heterocycles. The van der Waals surface area contributed by atoms with Gasteiger partial charge in [0.05, 0.1) is 17.0 Å². The molecule has 0 aliphatic carbocycles. The number of amides is 2. The van der Waals surface area contributed by atoms with Gasteiger partial charge >= 0.3 is 0 Å². The van der Waals surface area contributed by atoms with Crippen molar-refractivity contribution in [3.05, 3.63) is 34.9 Å². The van der Waals surface area contributed by atoms with Gasteiger partial charge in [0.2, 0.25) is 5.91 Å². The lowest BCUT2D eigenvalue weighted by Gasteiger charge is -2.11. The maximum atomic E-state index is 11.9. The number of halogens is 1.